The molecule has 0 aliphatic rings. The third-order valence-corrected chi connectivity index (χ3v) is 4.22. The Morgan fingerprint density at radius 1 is 0.931 bits per heavy atom. The van der Waals surface area contributed by atoms with Crippen LogP contribution in [0, 0.1) is 0 Å². The van der Waals surface area contributed by atoms with E-state index in [4.69, 9.17) is 23.2 Å². The number of nitrogens with one attached hydrogen (secondary N) is 2. The number of carbonyl (C=O) groups excluding carboxylic acids is 2. The fourth-order valence-corrected chi connectivity index (χ4v) is 2.76. The zero-order valence-corrected chi connectivity index (χ0v) is 15.8. The van der Waals surface area contributed by atoms with E-state index in [2.05, 4.69) is 5.10 Å². The van der Waals surface area contributed by atoms with Crippen molar-refractivity contribution in [3.05, 3.63) is 81.6 Å². The van der Waals surface area contributed by atoms with Crippen molar-refractivity contribution in [2.24, 2.45) is 0 Å². The maximum Gasteiger partial charge on any atom is 0.434 e. The summed E-state index contributed by atoms with van der Waals surface area (Å²) in [7, 11) is 0. The van der Waals surface area contributed by atoms with E-state index in [1.165, 1.54) is 48.5 Å². The van der Waals surface area contributed by atoms with Gasteiger partial charge in [0.1, 0.15) is 0 Å². The topological polar surface area (TPSA) is 76.0 Å². The Morgan fingerprint density at radius 2 is 1.59 bits per heavy atom. The Bertz CT molecular complexity index is 1070. The van der Waals surface area contributed by atoms with Crippen LogP contribution in [0.3, 0.4) is 0 Å². The molecule has 3 aromatic rings. The van der Waals surface area contributed by atoms with E-state index >= 15 is 0 Å². The number of halogens is 5. The zero-order valence-electron chi connectivity index (χ0n) is 14.3. The number of hydrazine groups is 1. The largest absolute Gasteiger partial charge is 0.434 e. The van der Waals surface area contributed by atoms with Crippen LogP contribution in [0.2, 0.25) is 10.0 Å². The predicted octanol–water partition coefficient (Wildman–Crippen LogP) is 4.27. The van der Waals surface area contributed by atoms with Crippen molar-refractivity contribution in [1.82, 2.24) is 20.6 Å². The van der Waals surface area contributed by atoms with Gasteiger partial charge in [-0.1, -0.05) is 29.3 Å². The molecule has 150 valence electrons. The molecule has 2 aromatic carbocycles. The summed E-state index contributed by atoms with van der Waals surface area (Å²) in [5.41, 5.74) is 2.09. The standard InChI is InChI=1S/C18H11Cl2F3N4O2/c19-11-6-4-10(5-7-11)16(28)25-26-17(29)14-9-24-27(15(14)18(21,22)23)13-3-1-2-12(20)8-13/h1-9H,(H,25,28)(H,26,29). The van der Waals surface area contributed by atoms with E-state index in [9.17, 15) is 22.8 Å². The number of amides is 2. The number of alkyl halides is 3. The minimum absolute atomic E-state index is 0.0223. The Kier molecular flexibility index (Phi) is 5.81. The molecular weight excluding hydrogens is 432 g/mol. The molecule has 0 spiro atoms. The minimum Gasteiger partial charge on any atom is -0.267 e. The molecule has 0 radical (unpaired) electrons. The van der Waals surface area contributed by atoms with Gasteiger partial charge >= 0.3 is 6.18 Å². The van der Waals surface area contributed by atoms with E-state index in [1.807, 2.05) is 10.9 Å². The molecule has 0 atom stereocenters. The third kappa shape index (κ3) is 4.69. The Hall–Kier alpha value is -3.04. The van der Waals surface area contributed by atoms with Crippen molar-refractivity contribution in [2.45, 2.75) is 6.18 Å². The summed E-state index contributed by atoms with van der Waals surface area (Å²) >= 11 is 11.5. The van der Waals surface area contributed by atoms with Gasteiger partial charge in [0.2, 0.25) is 0 Å². The molecule has 3 rings (SSSR count). The van der Waals surface area contributed by atoms with E-state index in [0.717, 1.165) is 6.20 Å². The molecule has 0 fully saturated rings. The molecular formula is C18H11Cl2F3N4O2. The number of aromatic nitrogens is 2. The molecule has 0 unspecified atom stereocenters. The summed E-state index contributed by atoms with van der Waals surface area (Å²) in [6.07, 6.45) is -4.14. The van der Waals surface area contributed by atoms with Crippen LogP contribution < -0.4 is 10.9 Å². The molecule has 0 bridgehead atoms. The highest BCUT2D eigenvalue weighted by molar-refractivity contribution is 6.31. The highest BCUT2D eigenvalue weighted by Crippen LogP contribution is 2.34. The smallest absolute Gasteiger partial charge is 0.267 e. The van der Waals surface area contributed by atoms with Crippen LogP contribution in [0.1, 0.15) is 26.4 Å². The molecule has 1 heterocycles. The summed E-state index contributed by atoms with van der Waals surface area (Å²) in [5, 5.41) is 4.26. The molecule has 6 nitrogen and oxygen atoms in total. The fraction of sp³-hybridized carbons (Fsp3) is 0.0556. The first-order chi connectivity index (χ1) is 13.7. The number of hydrogen-bond donors (Lipinski definition) is 2. The summed E-state index contributed by atoms with van der Waals surface area (Å²) in [6, 6.07) is 11.3. The predicted molar refractivity (Wildman–Crippen MR) is 100.0 cm³/mol. The number of carbonyl (C=O) groups is 2. The van der Waals surface area contributed by atoms with E-state index < -0.39 is 29.2 Å². The number of benzene rings is 2. The Morgan fingerprint density at radius 3 is 2.21 bits per heavy atom. The van der Waals surface area contributed by atoms with Gasteiger partial charge in [0.15, 0.2) is 5.69 Å². The van der Waals surface area contributed by atoms with Crippen molar-refractivity contribution in [3.8, 4) is 5.69 Å². The molecule has 29 heavy (non-hydrogen) atoms. The Labute approximate surface area is 172 Å². The first-order valence-corrected chi connectivity index (χ1v) is 8.70. The van der Waals surface area contributed by atoms with Crippen molar-refractivity contribution in [2.75, 3.05) is 0 Å². The first kappa shape index (κ1) is 20.7. The summed E-state index contributed by atoms with van der Waals surface area (Å²) in [4.78, 5) is 24.3. The average Bonchev–Trinajstić information content (AvgIpc) is 3.12. The summed E-state index contributed by atoms with van der Waals surface area (Å²) in [5.74, 6) is -1.92. The van der Waals surface area contributed by atoms with Gasteiger partial charge in [-0.25, -0.2) is 4.68 Å². The molecule has 0 aliphatic heterocycles. The van der Waals surface area contributed by atoms with Crippen LogP contribution in [0.5, 0.6) is 0 Å². The highest BCUT2D eigenvalue weighted by atomic mass is 35.5. The van der Waals surface area contributed by atoms with Gasteiger partial charge in [0, 0.05) is 15.6 Å². The molecule has 0 saturated heterocycles. The molecule has 0 aliphatic carbocycles. The second-order valence-corrected chi connectivity index (χ2v) is 6.58. The van der Waals surface area contributed by atoms with Crippen LogP contribution in [-0.4, -0.2) is 21.6 Å². The van der Waals surface area contributed by atoms with Crippen LogP contribution in [-0.2, 0) is 6.18 Å². The van der Waals surface area contributed by atoms with Crippen molar-refractivity contribution >= 4 is 35.0 Å². The fourth-order valence-electron chi connectivity index (χ4n) is 2.45. The van der Waals surface area contributed by atoms with Gasteiger partial charge in [-0.3, -0.25) is 20.4 Å². The second-order valence-electron chi connectivity index (χ2n) is 5.71. The van der Waals surface area contributed by atoms with Gasteiger partial charge in [0.05, 0.1) is 17.4 Å². The first-order valence-electron chi connectivity index (χ1n) is 7.94. The van der Waals surface area contributed by atoms with E-state index in [0.29, 0.717) is 9.70 Å². The molecule has 1 aromatic heterocycles. The van der Waals surface area contributed by atoms with Crippen LogP contribution in [0.15, 0.2) is 54.7 Å². The maximum atomic E-state index is 13.6. The number of rotatable bonds is 3. The lowest BCUT2D eigenvalue weighted by molar-refractivity contribution is -0.143. The monoisotopic (exact) mass is 442 g/mol. The SMILES string of the molecule is O=C(NNC(=O)c1cnn(-c2cccc(Cl)c2)c1C(F)(F)F)c1ccc(Cl)cc1. The van der Waals surface area contributed by atoms with Gasteiger partial charge in [-0.15, -0.1) is 0 Å². The second kappa shape index (κ2) is 8.14. The van der Waals surface area contributed by atoms with E-state index in [1.54, 1.807) is 0 Å². The number of nitrogens with zero attached hydrogens (tertiary/aromatic N) is 2. The van der Waals surface area contributed by atoms with Crippen molar-refractivity contribution < 1.29 is 22.8 Å². The van der Waals surface area contributed by atoms with Crippen molar-refractivity contribution in [1.29, 1.82) is 0 Å². The lowest BCUT2D eigenvalue weighted by Crippen LogP contribution is -2.42. The molecule has 0 saturated carbocycles. The van der Waals surface area contributed by atoms with Crippen LogP contribution >= 0.6 is 23.2 Å². The van der Waals surface area contributed by atoms with Gasteiger partial charge < -0.3 is 0 Å². The van der Waals surface area contributed by atoms with Crippen LogP contribution in [0.4, 0.5) is 13.2 Å². The lowest BCUT2D eigenvalue weighted by atomic mass is 10.2. The van der Waals surface area contributed by atoms with Crippen LogP contribution in [0.25, 0.3) is 5.69 Å². The van der Waals surface area contributed by atoms with Crippen molar-refractivity contribution in [3.63, 3.8) is 0 Å². The lowest BCUT2D eigenvalue weighted by Gasteiger charge is -2.13. The molecule has 2 N–H and O–H groups in total. The van der Waals surface area contributed by atoms with E-state index in [-0.39, 0.29) is 16.3 Å². The van der Waals surface area contributed by atoms with Gasteiger partial charge in [-0.2, -0.15) is 18.3 Å². The minimum atomic E-state index is -4.90. The Balaban J connectivity index is 1.85. The molecule has 2 amide bonds. The van der Waals surface area contributed by atoms with Gasteiger partial charge in [-0.05, 0) is 42.5 Å². The summed E-state index contributed by atoms with van der Waals surface area (Å²) < 4.78 is 41.4. The van der Waals surface area contributed by atoms with Gasteiger partial charge in [0.25, 0.3) is 11.8 Å². The zero-order chi connectivity index (χ0) is 21.2. The average molecular weight is 443 g/mol. The summed E-state index contributed by atoms with van der Waals surface area (Å²) in [6.45, 7) is 0. The third-order valence-electron chi connectivity index (χ3n) is 3.73. The number of hydrogen-bond acceptors (Lipinski definition) is 3. The molecule has 11 heteroatoms. The quantitative estimate of drug-likeness (QED) is 0.594. The normalized spacial score (nSPS) is 11.2. The highest BCUT2D eigenvalue weighted by Gasteiger charge is 2.40. The maximum absolute atomic E-state index is 13.6.